The van der Waals surface area contributed by atoms with E-state index in [1.807, 2.05) is 6.92 Å². The number of non-ortho nitro benzene ring substituents is 1. The van der Waals surface area contributed by atoms with Crippen molar-refractivity contribution in [1.29, 1.82) is 0 Å². The van der Waals surface area contributed by atoms with E-state index >= 15 is 0 Å². The number of rotatable bonds is 7. The van der Waals surface area contributed by atoms with E-state index in [1.165, 1.54) is 25.3 Å². The average Bonchev–Trinajstić information content (AvgIpc) is 2.44. The summed E-state index contributed by atoms with van der Waals surface area (Å²) in [6.45, 7) is 1.92. The van der Waals surface area contributed by atoms with E-state index in [1.54, 1.807) is 0 Å². The minimum Gasteiger partial charge on any atom is -0.496 e. The molecule has 0 aromatic heterocycles. The maximum absolute atomic E-state index is 12.1. The van der Waals surface area contributed by atoms with Crippen LogP contribution < -0.4 is 10.1 Å². The van der Waals surface area contributed by atoms with Crippen LogP contribution >= 0.6 is 15.9 Å². The Hall–Kier alpha value is -1.63. The minimum absolute atomic E-state index is 0.0277. The minimum atomic E-state index is -0.525. The van der Waals surface area contributed by atoms with Gasteiger partial charge in [-0.1, -0.05) is 15.9 Å². The first-order chi connectivity index (χ1) is 9.49. The van der Waals surface area contributed by atoms with Gasteiger partial charge in [0, 0.05) is 17.4 Å². The lowest BCUT2D eigenvalue weighted by Crippen LogP contribution is -2.32. The lowest BCUT2D eigenvalue weighted by atomic mass is 10.1. The van der Waals surface area contributed by atoms with E-state index in [-0.39, 0.29) is 23.4 Å². The summed E-state index contributed by atoms with van der Waals surface area (Å²) < 4.78 is 5.05. The Morgan fingerprint density at radius 2 is 2.25 bits per heavy atom. The fourth-order valence-corrected chi connectivity index (χ4v) is 2.06. The van der Waals surface area contributed by atoms with E-state index in [9.17, 15) is 14.9 Å². The van der Waals surface area contributed by atoms with Crippen LogP contribution in [0.3, 0.4) is 0 Å². The molecule has 0 bridgehead atoms. The summed E-state index contributed by atoms with van der Waals surface area (Å²) in [5, 5.41) is 14.4. The third-order valence-corrected chi connectivity index (χ3v) is 3.35. The molecule has 0 aliphatic rings. The molecular weight excluding hydrogens is 328 g/mol. The molecule has 110 valence electrons. The topological polar surface area (TPSA) is 81.5 Å². The number of ether oxygens (including phenoxy) is 1. The monoisotopic (exact) mass is 344 g/mol. The van der Waals surface area contributed by atoms with Crippen LogP contribution in [-0.4, -0.2) is 29.3 Å². The van der Waals surface area contributed by atoms with Crippen molar-refractivity contribution in [3.8, 4) is 5.75 Å². The lowest BCUT2D eigenvalue weighted by Gasteiger charge is -2.14. The molecule has 0 heterocycles. The standard InChI is InChI=1S/C13H17BrN2O4/c1-9(4-3-7-14)15-13(17)11-6-5-10(16(18)19)8-12(11)20-2/h5-6,8-9H,3-4,7H2,1-2H3,(H,15,17). The van der Waals surface area contributed by atoms with Crippen molar-refractivity contribution in [2.45, 2.75) is 25.8 Å². The van der Waals surface area contributed by atoms with E-state index in [0.717, 1.165) is 18.2 Å². The zero-order valence-electron chi connectivity index (χ0n) is 11.4. The van der Waals surface area contributed by atoms with Crippen LogP contribution in [0.4, 0.5) is 5.69 Å². The Balaban J connectivity index is 2.84. The molecule has 7 heteroatoms. The number of nitrogens with one attached hydrogen (secondary N) is 1. The molecule has 1 unspecified atom stereocenters. The number of benzene rings is 1. The van der Waals surface area contributed by atoms with Gasteiger partial charge in [0.05, 0.1) is 23.7 Å². The number of nitro groups is 1. The Morgan fingerprint density at radius 1 is 1.55 bits per heavy atom. The van der Waals surface area contributed by atoms with E-state index in [4.69, 9.17) is 4.74 Å². The summed E-state index contributed by atoms with van der Waals surface area (Å²) in [7, 11) is 1.38. The number of nitrogens with zero attached hydrogens (tertiary/aromatic N) is 1. The fourth-order valence-electron chi connectivity index (χ4n) is 1.74. The third kappa shape index (κ3) is 4.48. The van der Waals surface area contributed by atoms with Crippen molar-refractivity contribution in [3.63, 3.8) is 0 Å². The second-order valence-electron chi connectivity index (χ2n) is 4.35. The molecule has 1 atom stereocenters. The van der Waals surface area contributed by atoms with E-state index < -0.39 is 4.92 Å². The Kier molecular flexibility index (Phi) is 6.44. The maximum atomic E-state index is 12.1. The number of hydrogen-bond acceptors (Lipinski definition) is 4. The molecule has 1 rings (SSSR count). The highest BCUT2D eigenvalue weighted by Crippen LogP contribution is 2.24. The van der Waals surface area contributed by atoms with Crippen LogP contribution in [0.5, 0.6) is 5.75 Å². The molecule has 0 saturated carbocycles. The van der Waals surface area contributed by atoms with Gasteiger partial charge < -0.3 is 10.1 Å². The van der Waals surface area contributed by atoms with Crippen molar-refractivity contribution < 1.29 is 14.5 Å². The van der Waals surface area contributed by atoms with Gasteiger partial charge in [0.1, 0.15) is 5.75 Å². The second kappa shape index (κ2) is 7.84. The number of nitro benzene ring substituents is 1. The predicted molar refractivity (Wildman–Crippen MR) is 79.6 cm³/mol. The first-order valence-corrected chi connectivity index (χ1v) is 7.31. The largest absolute Gasteiger partial charge is 0.496 e. The van der Waals surface area contributed by atoms with Crippen LogP contribution in [0.25, 0.3) is 0 Å². The van der Waals surface area contributed by atoms with Crippen LogP contribution in [-0.2, 0) is 0 Å². The smallest absolute Gasteiger partial charge is 0.273 e. The van der Waals surface area contributed by atoms with E-state index in [2.05, 4.69) is 21.2 Å². The maximum Gasteiger partial charge on any atom is 0.273 e. The van der Waals surface area contributed by atoms with E-state index in [0.29, 0.717) is 5.56 Å². The zero-order valence-corrected chi connectivity index (χ0v) is 13.0. The molecule has 0 saturated heterocycles. The molecule has 0 aliphatic heterocycles. The van der Waals surface area contributed by atoms with Crippen LogP contribution in [0.2, 0.25) is 0 Å². The Labute approximate surface area is 125 Å². The van der Waals surface area contributed by atoms with Crippen molar-refractivity contribution in [2.75, 3.05) is 12.4 Å². The van der Waals surface area contributed by atoms with Gasteiger partial charge in [-0.15, -0.1) is 0 Å². The molecule has 20 heavy (non-hydrogen) atoms. The SMILES string of the molecule is COc1cc([N+](=O)[O-])ccc1C(=O)NC(C)CCCBr. The number of amides is 1. The molecule has 1 aromatic carbocycles. The summed E-state index contributed by atoms with van der Waals surface area (Å²) >= 11 is 3.34. The van der Waals surface area contributed by atoms with Gasteiger partial charge in [0.25, 0.3) is 11.6 Å². The fraction of sp³-hybridized carbons (Fsp3) is 0.462. The summed E-state index contributed by atoms with van der Waals surface area (Å²) in [6, 6.07) is 3.97. The molecule has 0 aliphatic carbocycles. The normalized spacial score (nSPS) is 11.8. The molecular formula is C13H17BrN2O4. The first-order valence-electron chi connectivity index (χ1n) is 6.18. The number of carbonyl (C=O) groups excluding carboxylic acids is 1. The number of alkyl halides is 1. The summed E-state index contributed by atoms with van der Waals surface area (Å²) in [6.07, 6.45) is 1.81. The van der Waals surface area contributed by atoms with Crippen LogP contribution in [0, 0.1) is 10.1 Å². The van der Waals surface area contributed by atoms with Crippen LogP contribution in [0.1, 0.15) is 30.1 Å². The summed E-state index contributed by atoms with van der Waals surface area (Å²) in [4.78, 5) is 22.3. The van der Waals surface area contributed by atoms with Gasteiger partial charge >= 0.3 is 0 Å². The Morgan fingerprint density at radius 3 is 2.80 bits per heavy atom. The molecule has 0 radical (unpaired) electrons. The number of halogens is 1. The average molecular weight is 345 g/mol. The van der Waals surface area contributed by atoms with Gasteiger partial charge in [0.15, 0.2) is 0 Å². The lowest BCUT2D eigenvalue weighted by molar-refractivity contribution is -0.384. The van der Waals surface area contributed by atoms with Gasteiger partial charge in [-0.3, -0.25) is 14.9 Å². The van der Waals surface area contributed by atoms with Gasteiger partial charge in [-0.05, 0) is 25.8 Å². The third-order valence-electron chi connectivity index (χ3n) is 2.79. The first kappa shape index (κ1) is 16.4. The zero-order chi connectivity index (χ0) is 15.1. The molecule has 6 nitrogen and oxygen atoms in total. The number of methoxy groups -OCH3 is 1. The molecule has 1 aromatic rings. The quantitative estimate of drug-likeness (QED) is 0.468. The van der Waals surface area contributed by atoms with Crippen molar-refractivity contribution >= 4 is 27.5 Å². The highest BCUT2D eigenvalue weighted by atomic mass is 79.9. The molecule has 1 amide bonds. The number of hydrogen-bond donors (Lipinski definition) is 1. The van der Waals surface area contributed by atoms with Crippen molar-refractivity contribution in [1.82, 2.24) is 5.32 Å². The molecule has 0 spiro atoms. The highest BCUT2D eigenvalue weighted by molar-refractivity contribution is 9.09. The number of carbonyl (C=O) groups is 1. The van der Waals surface area contributed by atoms with Crippen LogP contribution in [0.15, 0.2) is 18.2 Å². The highest BCUT2D eigenvalue weighted by Gasteiger charge is 2.17. The second-order valence-corrected chi connectivity index (χ2v) is 5.14. The summed E-state index contributed by atoms with van der Waals surface area (Å²) in [5.41, 5.74) is 0.189. The van der Waals surface area contributed by atoms with Crippen molar-refractivity contribution in [2.24, 2.45) is 0 Å². The van der Waals surface area contributed by atoms with Gasteiger partial charge in [-0.25, -0.2) is 0 Å². The van der Waals surface area contributed by atoms with Gasteiger partial charge in [0.2, 0.25) is 0 Å². The predicted octanol–water partition coefficient (Wildman–Crippen LogP) is 2.90. The van der Waals surface area contributed by atoms with Crippen molar-refractivity contribution in [3.05, 3.63) is 33.9 Å². The molecule has 1 N–H and O–H groups in total. The Bertz CT molecular complexity index is 493. The summed E-state index contributed by atoms with van der Waals surface area (Å²) in [5.74, 6) is -0.0942. The molecule has 0 fully saturated rings. The van der Waals surface area contributed by atoms with Gasteiger partial charge in [-0.2, -0.15) is 0 Å².